The molecule has 0 aliphatic rings. The van der Waals surface area contributed by atoms with Gasteiger partial charge in [-0.3, -0.25) is 10.1 Å². The van der Waals surface area contributed by atoms with E-state index in [-0.39, 0.29) is 24.9 Å². The highest BCUT2D eigenvalue weighted by Crippen LogP contribution is 2.12. The van der Waals surface area contributed by atoms with Gasteiger partial charge < -0.3 is 15.7 Å². The van der Waals surface area contributed by atoms with Gasteiger partial charge in [-0.25, -0.2) is 4.79 Å². The van der Waals surface area contributed by atoms with Crippen LogP contribution in [-0.4, -0.2) is 28.7 Å². The van der Waals surface area contributed by atoms with Gasteiger partial charge in [0.05, 0.1) is 17.6 Å². The first-order valence-electron chi connectivity index (χ1n) is 6.81. The van der Waals surface area contributed by atoms with E-state index in [4.69, 9.17) is 0 Å². The van der Waals surface area contributed by atoms with Crippen molar-refractivity contribution in [2.45, 2.75) is 32.9 Å². The number of amides is 2. The van der Waals surface area contributed by atoms with Crippen LogP contribution in [0, 0.1) is 16.0 Å². The quantitative estimate of drug-likeness (QED) is 0.527. The zero-order valence-electron chi connectivity index (χ0n) is 12.2. The zero-order chi connectivity index (χ0) is 15.8. The van der Waals surface area contributed by atoms with Crippen LogP contribution in [0.15, 0.2) is 24.3 Å². The summed E-state index contributed by atoms with van der Waals surface area (Å²) in [6, 6.07) is 5.38. The van der Waals surface area contributed by atoms with Crippen molar-refractivity contribution in [3.05, 3.63) is 39.9 Å². The van der Waals surface area contributed by atoms with E-state index < -0.39 is 11.0 Å². The lowest BCUT2D eigenvalue weighted by Gasteiger charge is -2.18. The molecule has 1 atom stereocenters. The van der Waals surface area contributed by atoms with Gasteiger partial charge >= 0.3 is 6.03 Å². The van der Waals surface area contributed by atoms with Gasteiger partial charge in [-0.1, -0.05) is 26.0 Å². The Hall–Kier alpha value is -2.15. The van der Waals surface area contributed by atoms with Gasteiger partial charge in [0.1, 0.15) is 0 Å². The first-order valence-corrected chi connectivity index (χ1v) is 6.81. The van der Waals surface area contributed by atoms with E-state index >= 15 is 0 Å². The number of non-ortho nitro benzene ring substituents is 1. The molecule has 0 unspecified atom stereocenters. The van der Waals surface area contributed by atoms with Crippen molar-refractivity contribution in [2.24, 2.45) is 5.92 Å². The van der Waals surface area contributed by atoms with E-state index in [1.165, 1.54) is 12.1 Å². The fourth-order valence-electron chi connectivity index (χ4n) is 1.95. The second-order valence-corrected chi connectivity index (χ2v) is 5.26. The average molecular weight is 295 g/mol. The standard InChI is InChI=1S/C14H21N3O4/c1-10(2)6-12(9-18)16-14(19)15-8-11-4-3-5-13(7-11)17(20)21/h3-5,7,10,12,18H,6,8-9H2,1-2H3,(H2,15,16,19)/t12-/m1/s1. The Bertz CT molecular complexity index is 491. The van der Waals surface area contributed by atoms with E-state index in [2.05, 4.69) is 10.6 Å². The molecule has 7 nitrogen and oxygen atoms in total. The van der Waals surface area contributed by atoms with Crippen LogP contribution in [-0.2, 0) is 6.54 Å². The maximum absolute atomic E-state index is 11.7. The minimum Gasteiger partial charge on any atom is -0.394 e. The Morgan fingerprint density at radius 1 is 1.43 bits per heavy atom. The van der Waals surface area contributed by atoms with E-state index in [0.29, 0.717) is 17.9 Å². The largest absolute Gasteiger partial charge is 0.394 e. The minimum atomic E-state index is -0.478. The third-order valence-electron chi connectivity index (χ3n) is 2.89. The molecule has 0 bridgehead atoms. The Labute approximate surface area is 123 Å². The van der Waals surface area contributed by atoms with Gasteiger partial charge in [0, 0.05) is 18.7 Å². The van der Waals surface area contributed by atoms with Crippen LogP contribution in [0.3, 0.4) is 0 Å². The second-order valence-electron chi connectivity index (χ2n) is 5.26. The summed E-state index contributed by atoms with van der Waals surface area (Å²) in [5.74, 6) is 0.360. The van der Waals surface area contributed by atoms with Crippen molar-refractivity contribution in [1.29, 1.82) is 0 Å². The topological polar surface area (TPSA) is 104 Å². The molecule has 7 heteroatoms. The van der Waals surface area contributed by atoms with Crippen LogP contribution < -0.4 is 10.6 Å². The first kappa shape index (κ1) is 16.9. The first-order chi connectivity index (χ1) is 9.92. The number of aliphatic hydroxyl groups excluding tert-OH is 1. The van der Waals surface area contributed by atoms with Crippen molar-refractivity contribution in [1.82, 2.24) is 10.6 Å². The number of hydrogen-bond acceptors (Lipinski definition) is 4. The van der Waals surface area contributed by atoms with Crippen LogP contribution >= 0.6 is 0 Å². The molecule has 0 aliphatic carbocycles. The highest BCUT2D eigenvalue weighted by Gasteiger charge is 2.13. The maximum Gasteiger partial charge on any atom is 0.315 e. The summed E-state index contributed by atoms with van der Waals surface area (Å²) in [5, 5.41) is 25.1. The normalized spacial score (nSPS) is 12.0. The van der Waals surface area contributed by atoms with Crippen LogP contribution in [0.1, 0.15) is 25.8 Å². The molecule has 0 saturated heterocycles. The number of nitro benzene ring substituents is 1. The zero-order valence-corrected chi connectivity index (χ0v) is 12.2. The summed E-state index contributed by atoms with van der Waals surface area (Å²) in [4.78, 5) is 21.9. The van der Waals surface area contributed by atoms with Crippen molar-refractivity contribution in [3.63, 3.8) is 0 Å². The van der Waals surface area contributed by atoms with E-state index in [9.17, 15) is 20.0 Å². The minimum absolute atomic E-state index is 0.0113. The molecule has 1 rings (SSSR count). The molecule has 0 aromatic heterocycles. The Kier molecular flexibility index (Phi) is 6.61. The van der Waals surface area contributed by atoms with Gasteiger partial charge in [-0.15, -0.1) is 0 Å². The molecule has 116 valence electrons. The average Bonchev–Trinajstić information content (AvgIpc) is 2.44. The summed E-state index contributed by atoms with van der Waals surface area (Å²) >= 11 is 0. The van der Waals surface area contributed by atoms with Gasteiger partial charge in [-0.05, 0) is 17.9 Å². The molecule has 0 radical (unpaired) electrons. The van der Waals surface area contributed by atoms with Gasteiger partial charge in [0.25, 0.3) is 5.69 Å². The molecule has 1 aromatic rings. The van der Waals surface area contributed by atoms with Gasteiger partial charge in [-0.2, -0.15) is 0 Å². The predicted molar refractivity (Wildman–Crippen MR) is 78.8 cm³/mol. The summed E-state index contributed by atoms with van der Waals surface area (Å²) in [6.07, 6.45) is 0.681. The molecular weight excluding hydrogens is 274 g/mol. The molecule has 21 heavy (non-hydrogen) atoms. The lowest BCUT2D eigenvalue weighted by atomic mass is 10.0. The van der Waals surface area contributed by atoms with Crippen LogP contribution in [0.4, 0.5) is 10.5 Å². The highest BCUT2D eigenvalue weighted by molar-refractivity contribution is 5.74. The molecule has 2 amide bonds. The number of carbonyl (C=O) groups is 1. The third-order valence-corrected chi connectivity index (χ3v) is 2.89. The Morgan fingerprint density at radius 2 is 2.14 bits per heavy atom. The lowest BCUT2D eigenvalue weighted by Crippen LogP contribution is -2.44. The van der Waals surface area contributed by atoms with Gasteiger partial charge in [0.2, 0.25) is 0 Å². The van der Waals surface area contributed by atoms with Crippen molar-refractivity contribution < 1.29 is 14.8 Å². The summed E-state index contributed by atoms with van der Waals surface area (Å²) in [7, 11) is 0. The van der Waals surface area contributed by atoms with Gasteiger partial charge in [0.15, 0.2) is 0 Å². The maximum atomic E-state index is 11.7. The Balaban J connectivity index is 2.49. The number of rotatable bonds is 7. The van der Waals surface area contributed by atoms with E-state index in [0.717, 1.165) is 0 Å². The number of urea groups is 1. The summed E-state index contributed by atoms with van der Waals surface area (Å²) in [6.45, 7) is 4.08. The molecule has 1 aromatic carbocycles. The smallest absolute Gasteiger partial charge is 0.315 e. The summed E-state index contributed by atoms with van der Waals surface area (Å²) < 4.78 is 0. The molecule has 0 spiro atoms. The predicted octanol–water partition coefficient (Wildman–Crippen LogP) is 1.80. The molecule has 0 saturated carbocycles. The van der Waals surface area contributed by atoms with E-state index in [1.807, 2.05) is 13.8 Å². The fourth-order valence-corrected chi connectivity index (χ4v) is 1.95. The molecule has 0 heterocycles. The van der Waals surface area contributed by atoms with Crippen molar-refractivity contribution >= 4 is 11.7 Å². The third kappa shape index (κ3) is 6.22. The number of aliphatic hydroxyl groups is 1. The number of hydrogen-bond donors (Lipinski definition) is 3. The number of nitro groups is 1. The number of nitrogens with zero attached hydrogens (tertiary/aromatic N) is 1. The van der Waals surface area contributed by atoms with E-state index in [1.54, 1.807) is 12.1 Å². The SMILES string of the molecule is CC(C)C[C@H](CO)NC(=O)NCc1cccc([N+](=O)[O-])c1. The molecule has 0 aliphatic heterocycles. The number of carbonyl (C=O) groups excluding carboxylic acids is 1. The van der Waals surface area contributed by atoms with Crippen LogP contribution in [0.5, 0.6) is 0 Å². The van der Waals surface area contributed by atoms with Crippen LogP contribution in [0.25, 0.3) is 0 Å². The molecular formula is C14H21N3O4. The Morgan fingerprint density at radius 3 is 2.71 bits per heavy atom. The number of nitrogens with one attached hydrogen (secondary N) is 2. The molecule has 0 fully saturated rings. The second kappa shape index (κ2) is 8.21. The highest BCUT2D eigenvalue weighted by atomic mass is 16.6. The monoisotopic (exact) mass is 295 g/mol. The van der Waals surface area contributed by atoms with Crippen molar-refractivity contribution in [2.75, 3.05) is 6.61 Å². The number of benzene rings is 1. The van der Waals surface area contributed by atoms with Crippen LogP contribution in [0.2, 0.25) is 0 Å². The summed E-state index contributed by atoms with van der Waals surface area (Å²) in [5.41, 5.74) is 0.631. The fraction of sp³-hybridized carbons (Fsp3) is 0.500. The lowest BCUT2D eigenvalue weighted by molar-refractivity contribution is -0.384. The molecule has 3 N–H and O–H groups in total. The van der Waals surface area contributed by atoms with Crippen molar-refractivity contribution in [3.8, 4) is 0 Å².